The number of amides is 4. The average molecular weight is 485 g/mol. The Hall–Kier alpha value is -3.14. The van der Waals surface area contributed by atoms with Gasteiger partial charge in [0.25, 0.3) is 0 Å². The Kier molecular flexibility index (Phi) is 7.06. The van der Waals surface area contributed by atoms with Crippen molar-refractivity contribution in [2.45, 2.75) is 69.4 Å². The van der Waals surface area contributed by atoms with Gasteiger partial charge in [0.05, 0.1) is 33.9 Å². The fourth-order valence-electron chi connectivity index (χ4n) is 4.12. The van der Waals surface area contributed by atoms with Gasteiger partial charge in [-0.25, -0.2) is 9.59 Å². The number of nitrogens with zero attached hydrogens (tertiary/aromatic N) is 1. The minimum atomic E-state index is -0.612. The molecule has 0 spiro atoms. The second-order valence-corrected chi connectivity index (χ2v) is 10.6. The van der Waals surface area contributed by atoms with Gasteiger partial charge in [0.2, 0.25) is 11.9 Å². The average Bonchev–Trinajstić information content (AvgIpc) is 3.31. The Morgan fingerprint density at radius 2 is 1.94 bits per heavy atom. The Labute approximate surface area is 203 Å². The lowest BCUT2D eigenvalue weighted by Crippen LogP contribution is -2.36. The first kappa shape index (κ1) is 24.0. The molecule has 0 aliphatic carbocycles. The van der Waals surface area contributed by atoms with Crippen molar-refractivity contribution >= 4 is 52.1 Å². The van der Waals surface area contributed by atoms with Crippen LogP contribution < -0.4 is 21.3 Å². The first-order valence-electron chi connectivity index (χ1n) is 11.4. The first-order valence-corrected chi connectivity index (χ1v) is 12.4. The van der Waals surface area contributed by atoms with E-state index in [0.29, 0.717) is 28.6 Å². The Balaban J connectivity index is 1.31. The van der Waals surface area contributed by atoms with Crippen LogP contribution in [0.2, 0.25) is 0 Å². The number of benzene rings is 1. The van der Waals surface area contributed by atoms with Gasteiger partial charge in [-0.1, -0.05) is 6.42 Å². The topological polar surface area (TPSA) is 121 Å². The smallest absolute Gasteiger partial charge is 0.412 e. The number of ether oxygens (including phenoxy) is 1. The SMILES string of the molecule is CC(C)(C)OC(=O)Nc1ccc(NC(=O)CCCC[C@@H]2S[CH+][C@@H]3NC(=O)N[C@@H]32)c2cccnc12. The molecule has 10 heteroatoms. The van der Waals surface area contributed by atoms with Crippen molar-refractivity contribution in [1.82, 2.24) is 15.6 Å². The van der Waals surface area contributed by atoms with Gasteiger partial charge in [0.1, 0.15) is 11.6 Å². The molecule has 2 fully saturated rings. The summed E-state index contributed by atoms with van der Waals surface area (Å²) in [7, 11) is 0. The van der Waals surface area contributed by atoms with Gasteiger partial charge < -0.3 is 15.4 Å². The van der Waals surface area contributed by atoms with Crippen LogP contribution in [-0.4, -0.2) is 46.0 Å². The summed E-state index contributed by atoms with van der Waals surface area (Å²) in [5.41, 5.74) is 1.12. The second-order valence-electron chi connectivity index (χ2n) is 9.46. The van der Waals surface area contributed by atoms with Gasteiger partial charge >= 0.3 is 12.1 Å². The summed E-state index contributed by atoms with van der Waals surface area (Å²) in [6.07, 6.45) is 4.08. The van der Waals surface area contributed by atoms with E-state index >= 15 is 0 Å². The summed E-state index contributed by atoms with van der Waals surface area (Å²) < 4.78 is 5.33. The molecule has 3 heterocycles. The number of aromatic nitrogens is 1. The number of hydrogen-bond acceptors (Lipinski definition) is 6. The van der Waals surface area contributed by atoms with Gasteiger partial charge in [0.15, 0.2) is 5.75 Å². The number of carbonyl (C=O) groups is 3. The van der Waals surface area contributed by atoms with Crippen molar-refractivity contribution in [3.8, 4) is 0 Å². The normalized spacial score (nSPS) is 21.3. The molecule has 0 saturated carbocycles. The van der Waals surface area contributed by atoms with Gasteiger partial charge in [-0.2, -0.15) is 0 Å². The van der Waals surface area contributed by atoms with Crippen LogP contribution in [0.25, 0.3) is 10.9 Å². The summed E-state index contributed by atoms with van der Waals surface area (Å²) in [6, 6.07) is 7.24. The van der Waals surface area contributed by atoms with Crippen LogP contribution in [0.4, 0.5) is 21.0 Å². The lowest BCUT2D eigenvalue weighted by molar-refractivity contribution is -0.116. The van der Waals surface area contributed by atoms with Crippen molar-refractivity contribution in [2.75, 3.05) is 10.6 Å². The Morgan fingerprint density at radius 1 is 1.15 bits per heavy atom. The maximum Gasteiger partial charge on any atom is 0.412 e. The van der Waals surface area contributed by atoms with Crippen LogP contribution in [0.3, 0.4) is 0 Å². The molecule has 1 aromatic heterocycles. The number of anilines is 2. The molecule has 34 heavy (non-hydrogen) atoms. The molecule has 4 N–H and O–H groups in total. The number of hydrogen-bond donors (Lipinski definition) is 4. The molecule has 2 saturated heterocycles. The lowest BCUT2D eigenvalue weighted by Gasteiger charge is -2.20. The van der Waals surface area contributed by atoms with Gasteiger partial charge in [0, 0.05) is 18.0 Å². The standard InChI is InChI=1S/C24H29N5O4S/c1-24(2,3)33-23(32)28-16-11-10-15(14-7-6-12-25-20(14)16)26-19(30)9-5-4-8-18-21-17(13-34-18)27-22(31)29-21/h6-7,10-13,17-18,21H,4-5,8-9H2,1-3H3,(H3-,25,26,27,28,29,30,31,32)/p+1/t17-,18-,21-/m0/s1. The molecular formula is C24H30N5O4S+. The van der Waals surface area contributed by atoms with Crippen LogP contribution in [0.1, 0.15) is 46.5 Å². The minimum Gasteiger partial charge on any atom is -0.444 e. The highest BCUT2D eigenvalue weighted by molar-refractivity contribution is 8.02. The third-order valence-electron chi connectivity index (χ3n) is 5.60. The van der Waals surface area contributed by atoms with E-state index in [1.54, 1.807) is 56.9 Å². The van der Waals surface area contributed by atoms with Crippen LogP contribution >= 0.6 is 11.8 Å². The zero-order valence-corrected chi connectivity index (χ0v) is 20.3. The zero-order chi connectivity index (χ0) is 24.3. The third kappa shape index (κ3) is 5.85. The van der Waals surface area contributed by atoms with E-state index < -0.39 is 11.7 Å². The number of urea groups is 1. The number of nitrogens with one attached hydrogen (secondary N) is 4. The number of fused-ring (bicyclic) bond motifs is 2. The molecular weight excluding hydrogens is 454 g/mol. The van der Waals surface area contributed by atoms with Crippen molar-refractivity contribution < 1.29 is 19.1 Å². The predicted octanol–water partition coefficient (Wildman–Crippen LogP) is 4.41. The van der Waals surface area contributed by atoms with E-state index in [1.807, 2.05) is 6.07 Å². The highest BCUT2D eigenvalue weighted by Crippen LogP contribution is 2.36. The molecule has 2 aliphatic rings. The monoisotopic (exact) mass is 484 g/mol. The fourth-order valence-corrected chi connectivity index (χ4v) is 5.44. The van der Waals surface area contributed by atoms with E-state index in [1.165, 1.54) is 0 Å². The van der Waals surface area contributed by atoms with Crippen LogP contribution in [-0.2, 0) is 9.53 Å². The number of unbranched alkanes of at least 4 members (excludes halogenated alkanes) is 1. The minimum absolute atomic E-state index is 0.0719. The maximum atomic E-state index is 12.6. The summed E-state index contributed by atoms with van der Waals surface area (Å²) in [4.78, 5) is 40.7. The molecule has 3 atom stereocenters. The largest absolute Gasteiger partial charge is 0.444 e. The number of rotatable bonds is 7. The van der Waals surface area contributed by atoms with E-state index in [-0.39, 0.29) is 24.0 Å². The molecule has 2 aliphatic heterocycles. The van der Waals surface area contributed by atoms with Gasteiger partial charge in [-0.15, -0.1) is 0 Å². The molecule has 2 aromatic rings. The van der Waals surface area contributed by atoms with Crippen LogP contribution in [0.15, 0.2) is 30.5 Å². The van der Waals surface area contributed by atoms with Crippen molar-refractivity contribution in [3.63, 3.8) is 0 Å². The molecule has 0 unspecified atom stereocenters. The summed E-state index contributed by atoms with van der Waals surface area (Å²) >= 11 is 1.76. The van der Waals surface area contributed by atoms with Crippen LogP contribution in [0.5, 0.6) is 0 Å². The number of thioether (sulfide) groups is 1. The lowest BCUT2D eigenvalue weighted by atomic mass is 10.0. The molecule has 180 valence electrons. The summed E-state index contributed by atoms with van der Waals surface area (Å²) in [5.74, 6) is 2.01. The van der Waals surface area contributed by atoms with Crippen molar-refractivity contribution in [3.05, 3.63) is 36.2 Å². The number of carbonyl (C=O) groups excluding carboxylic acids is 3. The predicted molar refractivity (Wildman–Crippen MR) is 134 cm³/mol. The molecule has 0 radical (unpaired) electrons. The highest BCUT2D eigenvalue weighted by atomic mass is 32.2. The second kappa shape index (κ2) is 10.0. The number of pyridine rings is 1. The maximum absolute atomic E-state index is 12.6. The molecule has 4 amide bonds. The van der Waals surface area contributed by atoms with Crippen molar-refractivity contribution in [2.24, 2.45) is 0 Å². The van der Waals surface area contributed by atoms with E-state index in [4.69, 9.17) is 4.74 Å². The van der Waals surface area contributed by atoms with Gasteiger partial charge in [-0.3, -0.25) is 20.4 Å². The highest BCUT2D eigenvalue weighted by Gasteiger charge is 2.50. The molecule has 1 aromatic carbocycles. The fraction of sp³-hybridized carbons (Fsp3) is 0.458. The Bertz CT molecular complexity index is 1090. The van der Waals surface area contributed by atoms with Gasteiger partial charge in [-0.05, 0) is 57.9 Å². The van der Waals surface area contributed by atoms with Crippen LogP contribution in [0, 0.1) is 5.75 Å². The summed E-state index contributed by atoms with van der Waals surface area (Å²) in [6.45, 7) is 5.40. The molecule has 0 bridgehead atoms. The summed E-state index contributed by atoms with van der Waals surface area (Å²) in [5, 5.41) is 12.7. The van der Waals surface area contributed by atoms with E-state index in [0.717, 1.165) is 24.6 Å². The third-order valence-corrected chi connectivity index (χ3v) is 6.93. The van der Waals surface area contributed by atoms with Crippen molar-refractivity contribution in [1.29, 1.82) is 0 Å². The molecule has 9 nitrogen and oxygen atoms in total. The Morgan fingerprint density at radius 3 is 2.74 bits per heavy atom. The van der Waals surface area contributed by atoms with E-state index in [9.17, 15) is 14.4 Å². The van der Waals surface area contributed by atoms with E-state index in [2.05, 4.69) is 32.0 Å². The molecule has 4 rings (SSSR count). The quantitative estimate of drug-likeness (QED) is 0.262. The first-order chi connectivity index (χ1) is 16.2. The zero-order valence-electron chi connectivity index (χ0n) is 19.5.